The van der Waals surface area contributed by atoms with E-state index in [1.165, 1.54) is 6.33 Å². The van der Waals surface area contributed by atoms with Gasteiger partial charge in [-0.1, -0.05) is 6.92 Å². The molecule has 0 saturated carbocycles. The van der Waals surface area contributed by atoms with E-state index in [2.05, 4.69) is 16.9 Å². The molecular weight excluding hydrogens is 268 g/mol. The smallest absolute Gasteiger partial charge is 0.236 e. The van der Waals surface area contributed by atoms with E-state index >= 15 is 0 Å². The average Bonchev–Trinajstić information content (AvgIpc) is 2.47. The van der Waals surface area contributed by atoms with Gasteiger partial charge in [-0.05, 0) is 12.3 Å². The first kappa shape index (κ1) is 15.0. The molecule has 2 atom stereocenters. The summed E-state index contributed by atoms with van der Waals surface area (Å²) in [4.78, 5) is 23.8. The van der Waals surface area contributed by atoms with Crippen LogP contribution in [0.3, 0.4) is 0 Å². The van der Waals surface area contributed by atoms with Gasteiger partial charge in [0, 0.05) is 26.2 Å². The highest BCUT2D eigenvalue weighted by atomic mass is 16.2. The van der Waals surface area contributed by atoms with E-state index in [9.17, 15) is 4.79 Å². The Morgan fingerprint density at radius 1 is 1.62 bits per heavy atom. The molecule has 1 saturated heterocycles. The minimum absolute atomic E-state index is 0.0642. The number of hydrogen-bond donors (Lipinski definition) is 1. The van der Waals surface area contributed by atoms with Crippen LogP contribution in [0.15, 0.2) is 12.4 Å². The Morgan fingerprint density at radius 2 is 2.38 bits per heavy atom. The summed E-state index contributed by atoms with van der Waals surface area (Å²) in [6.07, 6.45) is 2.28. The number of hydrogen-bond acceptors (Lipinski definition) is 6. The maximum atomic E-state index is 11.9. The van der Waals surface area contributed by atoms with Crippen LogP contribution in [0.1, 0.15) is 19.8 Å². The van der Waals surface area contributed by atoms with Gasteiger partial charge in [0.1, 0.15) is 24.4 Å². The number of likely N-dealkylation sites (N-methyl/N-ethyl adjacent to an activating group) is 1. The maximum absolute atomic E-state index is 11.9. The molecule has 21 heavy (non-hydrogen) atoms. The minimum Gasteiger partial charge on any atom is -0.384 e. The Morgan fingerprint density at radius 3 is 3.05 bits per heavy atom. The summed E-state index contributed by atoms with van der Waals surface area (Å²) in [5.41, 5.74) is 5.70. The first-order valence-corrected chi connectivity index (χ1v) is 6.98. The van der Waals surface area contributed by atoms with E-state index in [-0.39, 0.29) is 18.4 Å². The number of carbonyl (C=O) groups excluding carboxylic acids is 1. The lowest BCUT2D eigenvalue weighted by Gasteiger charge is -2.42. The van der Waals surface area contributed by atoms with Gasteiger partial charge in [0.25, 0.3) is 0 Å². The molecule has 0 bridgehead atoms. The molecule has 1 aromatic heterocycles. The molecule has 2 heterocycles. The monoisotopic (exact) mass is 288 g/mol. The van der Waals surface area contributed by atoms with Crippen molar-refractivity contribution in [3.8, 4) is 6.07 Å². The van der Waals surface area contributed by atoms with Crippen LogP contribution in [0.25, 0.3) is 0 Å². The molecule has 1 amide bonds. The largest absolute Gasteiger partial charge is 0.384 e. The van der Waals surface area contributed by atoms with Crippen molar-refractivity contribution in [1.29, 1.82) is 5.26 Å². The van der Waals surface area contributed by atoms with Crippen molar-refractivity contribution in [2.45, 2.75) is 25.8 Å². The van der Waals surface area contributed by atoms with Crippen LogP contribution in [0.2, 0.25) is 0 Å². The molecule has 7 nitrogen and oxygen atoms in total. The molecule has 1 aliphatic heterocycles. The van der Waals surface area contributed by atoms with Crippen LogP contribution in [0.4, 0.5) is 11.6 Å². The Bertz CT molecular complexity index is 555. The fourth-order valence-electron chi connectivity index (χ4n) is 2.68. The third kappa shape index (κ3) is 3.40. The van der Waals surface area contributed by atoms with Crippen molar-refractivity contribution in [1.82, 2.24) is 14.9 Å². The second kappa shape index (κ2) is 6.39. The highest BCUT2D eigenvalue weighted by Crippen LogP contribution is 2.25. The van der Waals surface area contributed by atoms with Gasteiger partial charge in [0.05, 0.1) is 12.1 Å². The molecule has 0 spiro atoms. The van der Waals surface area contributed by atoms with Crippen molar-refractivity contribution in [2.24, 2.45) is 5.92 Å². The topological polar surface area (TPSA) is 99.1 Å². The molecule has 2 rings (SSSR count). The van der Waals surface area contributed by atoms with Crippen LogP contribution in [-0.4, -0.2) is 47.0 Å². The van der Waals surface area contributed by atoms with E-state index in [1.807, 2.05) is 18.0 Å². The number of piperidine rings is 1. The highest BCUT2D eigenvalue weighted by molar-refractivity contribution is 5.78. The Hall–Kier alpha value is -2.36. The number of amides is 1. The van der Waals surface area contributed by atoms with Gasteiger partial charge >= 0.3 is 0 Å². The minimum atomic E-state index is -0.106. The number of rotatable bonds is 3. The standard InChI is InChI=1S/C14H20N6O/c1-10-4-6-20(14(21)3-5-15)8-11(10)19(2)13-7-12(16)17-9-18-13/h7,9-11H,3-4,6,8H2,1-2H3,(H2,16,17,18)/t10-,11-/m1/s1. The fourth-order valence-corrected chi connectivity index (χ4v) is 2.68. The van der Waals surface area contributed by atoms with Crippen molar-refractivity contribution < 1.29 is 4.79 Å². The predicted molar refractivity (Wildman–Crippen MR) is 79.2 cm³/mol. The average molecular weight is 288 g/mol. The van der Waals surface area contributed by atoms with Crippen LogP contribution >= 0.6 is 0 Å². The quantitative estimate of drug-likeness (QED) is 0.876. The van der Waals surface area contributed by atoms with E-state index in [0.717, 1.165) is 12.2 Å². The number of anilines is 2. The summed E-state index contributed by atoms with van der Waals surface area (Å²) in [5, 5.41) is 8.66. The Kier molecular flexibility index (Phi) is 4.58. The summed E-state index contributed by atoms with van der Waals surface area (Å²) in [6, 6.07) is 3.79. The molecule has 2 N–H and O–H groups in total. The van der Waals surface area contributed by atoms with Crippen LogP contribution in [0.5, 0.6) is 0 Å². The second-order valence-electron chi connectivity index (χ2n) is 5.42. The predicted octanol–water partition coefficient (Wildman–Crippen LogP) is 0.646. The molecule has 112 valence electrons. The molecular formula is C14H20N6O. The molecule has 7 heteroatoms. The third-order valence-electron chi connectivity index (χ3n) is 4.03. The van der Waals surface area contributed by atoms with Crippen molar-refractivity contribution in [3.63, 3.8) is 0 Å². The van der Waals surface area contributed by atoms with Crippen LogP contribution in [0, 0.1) is 17.2 Å². The number of nitriles is 1. The van der Waals surface area contributed by atoms with Gasteiger partial charge in [-0.2, -0.15) is 5.26 Å². The number of nitrogens with two attached hydrogens (primary N) is 1. The zero-order valence-corrected chi connectivity index (χ0v) is 12.4. The number of nitrogens with zero attached hydrogens (tertiary/aromatic N) is 5. The second-order valence-corrected chi connectivity index (χ2v) is 5.42. The van der Waals surface area contributed by atoms with Crippen LogP contribution in [-0.2, 0) is 4.79 Å². The highest BCUT2D eigenvalue weighted by Gasteiger charge is 2.31. The van der Waals surface area contributed by atoms with Gasteiger partial charge in [0.15, 0.2) is 0 Å². The molecule has 1 aromatic rings. The van der Waals surface area contributed by atoms with E-state index in [4.69, 9.17) is 11.0 Å². The lowest BCUT2D eigenvalue weighted by atomic mass is 9.92. The van der Waals surface area contributed by atoms with Gasteiger partial charge < -0.3 is 15.5 Å². The zero-order valence-electron chi connectivity index (χ0n) is 12.4. The van der Waals surface area contributed by atoms with E-state index < -0.39 is 0 Å². The maximum Gasteiger partial charge on any atom is 0.236 e. The number of likely N-dealkylation sites (tertiary alicyclic amines) is 1. The molecule has 0 aromatic carbocycles. The number of carbonyl (C=O) groups is 1. The first-order chi connectivity index (χ1) is 10.0. The van der Waals surface area contributed by atoms with E-state index in [1.54, 1.807) is 11.0 Å². The van der Waals surface area contributed by atoms with Crippen molar-refractivity contribution in [2.75, 3.05) is 30.8 Å². The van der Waals surface area contributed by atoms with Gasteiger partial charge in [-0.15, -0.1) is 0 Å². The van der Waals surface area contributed by atoms with Crippen LogP contribution < -0.4 is 10.6 Å². The van der Waals surface area contributed by atoms with E-state index in [0.29, 0.717) is 24.8 Å². The zero-order chi connectivity index (χ0) is 15.4. The summed E-state index contributed by atoms with van der Waals surface area (Å²) in [6.45, 7) is 3.47. The van der Waals surface area contributed by atoms with Gasteiger partial charge in [0.2, 0.25) is 5.91 Å². The summed E-state index contributed by atoms with van der Waals surface area (Å²) in [5.74, 6) is 1.49. The lowest BCUT2D eigenvalue weighted by Crippen LogP contribution is -2.52. The fraction of sp³-hybridized carbons (Fsp3) is 0.571. The van der Waals surface area contributed by atoms with Crippen molar-refractivity contribution in [3.05, 3.63) is 12.4 Å². The van der Waals surface area contributed by atoms with Crippen molar-refractivity contribution >= 4 is 17.5 Å². The lowest BCUT2D eigenvalue weighted by molar-refractivity contribution is -0.131. The summed E-state index contributed by atoms with van der Waals surface area (Å²) in [7, 11) is 1.95. The normalized spacial score (nSPS) is 21.7. The van der Waals surface area contributed by atoms with Gasteiger partial charge in [-0.25, -0.2) is 9.97 Å². The Labute approximate surface area is 124 Å². The number of nitrogen functional groups attached to an aromatic ring is 1. The summed E-state index contributed by atoms with van der Waals surface area (Å²) >= 11 is 0. The molecule has 1 aliphatic rings. The third-order valence-corrected chi connectivity index (χ3v) is 4.03. The molecule has 1 fully saturated rings. The molecule has 0 radical (unpaired) electrons. The molecule has 0 aliphatic carbocycles. The first-order valence-electron chi connectivity index (χ1n) is 6.98. The number of aromatic nitrogens is 2. The Balaban J connectivity index is 2.13. The SMILES string of the molecule is C[C@@H]1CCN(C(=O)CC#N)C[C@H]1N(C)c1cc(N)ncn1. The summed E-state index contributed by atoms with van der Waals surface area (Å²) < 4.78 is 0. The molecule has 0 unspecified atom stereocenters. The van der Waals surface area contributed by atoms with Gasteiger partial charge in [-0.3, -0.25) is 4.79 Å².